The first-order valence-electron chi connectivity index (χ1n) is 7.17. The molecule has 0 spiro atoms. The second kappa shape index (κ2) is 7.01. The van der Waals surface area contributed by atoms with Crippen LogP contribution in [-0.4, -0.2) is 22.8 Å². The van der Waals surface area contributed by atoms with Crippen molar-refractivity contribution in [1.82, 2.24) is 10.3 Å². The number of fused-ring (bicyclic) bond motifs is 1. The fourth-order valence-corrected chi connectivity index (χ4v) is 3.53. The van der Waals surface area contributed by atoms with E-state index in [-0.39, 0.29) is 0 Å². The Balaban J connectivity index is 1.89. The zero-order valence-corrected chi connectivity index (χ0v) is 12.9. The molecule has 0 bridgehead atoms. The molecule has 1 aromatic heterocycles. The molecule has 2 aromatic rings. The molecule has 0 saturated carbocycles. The third kappa shape index (κ3) is 4.29. The van der Waals surface area contributed by atoms with Gasteiger partial charge in [0.15, 0.2) is 0 Å². The number of aromatic amines is 1. The molecular formula is C16H24N2S. The van der Waals surface area contributed by atoms with Crippen LogP contribution in [-0.2, 0) is 0 Å². The molecule has 1 aromatic carbocycles. The van der Waals surface area contributed by atoms with Gasteiger partial charge in [0.1, 0.15) is 0 Å². The molecule has 104 valence electrons. The first kappa shape index (κ1) is 14.5. The van der Waals surface area contributed by atoms with Gasteiger partial charge in [-0.3, -0.25) is 0 Å². The summed E-state index contributed by atoms with van der Waals surface area (Å²) in [5, 5.41) is 6.74. The van der Waals surface area contributed by atoms with Crippen LogP contribution in [0.5, 0.6) is 0 Å². The fourth-order valence-electron chi connectivity index (χ4n) is 2.35. The summed E-state index contributed by atoms with van der Waals surface area (Å²) in [4.78, 5) is 3.49. The number of rotatable bonds is 7. The highest BCUT2D eigenvalue weighted by Gasteiger charge is 2.11. The second-order valence-corrected chi connectivity index (χ2v) is 6.72. The Morgan fingerprint density at radius 2 is 2.05 bits per heavy atom. The minimum Gasteiger partial charge on any atom is -0.350 e. The quantitative estimate of drug-likeness (QED) is 0.732. The topological polar surface area (TPSA) is 27.8 Å². The molecule has 3 heteroatoms. The van der Waals surface area contributed by atoms with Crippen LogP contribution in [0.4, 0.5) is 0 Å². The number of aromatic nitrogens is 1. The van der Waals surface area contributed by atoms with Crippen molar-refractivity contribution in [1.29, 1.82) is 0 Å². The molecule has 2 N–H and O–H groups in total. The summed E-state index contributed by atoms with van der Waals surface area (Å²) in [6.07, 6.45) is 2.40. The lowest BCUT2D eigenvalue weighted by Crippen LogP contribution is -2.29. The molecule has 2 atom stereocenters. The van der Waals surface area contributed by atoms with Crippen molar-refractivity contribution in [3.05, 3.63) is 30.3 Å². The van der Waals surface area contributed by atoms with E-state index in [1.54, 1.807) is 0 Å². The van der Waals surface area contributed by atoms with E-state index in [4.69, 9.17) is 0 Å². The molecule has 0 radical (unpaired) electrons. The van der Waals surface area contributed by atoms with Gasteiger partial charge in [0, 0.05) is 22.2 Å². The number of benzene rings is 1. The maximum atomic E-state index is 3.55. The molecule has 2 unspecified atom stereocenters. The van der Waals surface area contributed by atoms with Gasteiger partial charge >= 0.3 is 0 Å². The molecule has 0 aliphatic rings. The van der Waals surface area contributed by atoms with Crippen LogP contribution < -0.4 is 5.32 Å². The van der Waals surface area contributed by atoms with Crippen LogP contribution in [0, 0.1) is 0 Å². The molecule has 2 nitrogen and oxygen atoms in total. The van der Waals surface area contributed by atoms with Gasteiger partial charge in [0.2, 0.25) is 0 Å². The Hall–Kier alpha value is -0.930. The average Bonchev–Trinajstić information content (AvgIpc) is 2.78. The van der Waals surface area contributed by atoms with E-state index in [2.05, 4.69) is 61.4 Å². The van der Waals surface area contributed by atoms with E-state index >= 15 is 0 Å². The predicted octanol–water partition coefficient (Wildman–Crippen LogP) is 4.43. The highest BCUT2D eigenvalue weighted by molar-refractivity contribution is 7.99. The minimum atomic E-state index is 0.590. The van der Waals surface area contributed by atoms with Gasteiger partial charge in [-0.2, -0.15) is 0 Å². The Labute approximate surface area is 120 Å². The zero-order chi connectivity index (χ0) is 13.7. The maximum absolute atomic E-state index is 3.55. The number of H-pyrrole nitrogens is 1. The Morgan fingerprint density at radius 1 is 1.26 bits per heavy atom. The summed E-state index contributed by atoms with van der Waals surface area (Å²) in [5.74, 6) is 0. The normalized spacial score (nSPS) is 14.7. The average molecular weight is 276 g/mol. The van der Waals surface area contributed by atoms with E-state index in [0.29, 0.717) is 11.3 Å². The second-order valence-electron chi connectivity index (χ2n) is 5.24. The van der Waals surface area contributed by atoms with Crippen molar-refractivity contribution in [2.75, 3.05) is 6.54 Å². The molecule has 0 saturated heterocycles. The van der Waals surface area contributed by atoms with Crippen molar-refractivity contribution >= 4 is 22.7 Å². The van der Waals surface area contributed by atoms with Gasteiger partial charge in [-0.1, -0.05) is 32.0 Å². The highest BCUT2D eigenvalue weighted by atomic mass is 32.2. The summed E-state index contributed by atoms with van der Waals surface area (Å²) < 4.78 is 0. The van der Waals surface area contributed by atoms with Gasteiger partial charge in [-0.15, -0.1) is 11.8 Å². The van der Waals surface area contributed by atoms with Gasteiger partial charge < -0.3 is 10.3 Å². The molecule has 0 aliphatic carbocycles. The Morgan fingerprint density at radius 3 is 2.79 bits per heavy atom. The summed E-state index contributed by atoms with van der Waals surface area (Å²) in [5.41, 5.74) is 1.23. The first-order valence-corrected chi connectivity index (χ1v) is 8.04. The lowest BCUT2D eigenvalue weighted by Gasteiger charge is -2.17. The highest BCUT2D eigenvalue weighted by Crippen LogP contribution is 2.28. The van der Waals surface area contributed by atoms with Crippen LogP contribution in [0.15, 0.2) is 35.4 Å². The first-order chi connectivity index (χ1) is 9.19. The van der Waals surface area contributed by atoms with Gasteiger partial charge in [-0.05, 0) is 38.4 Å². The van der Waals surface area contributed by atoms with Crippen LogP contribution >= 0.6 is 11.8 Å². The molecule has 0 amide bonds. The lowest BCUT2D eigenvalue weighted by atomic mass is 10.2. The van der Waals surface area contributed by atoms with E-state index in [9.17, 15) is 0 Å². The van der Waals surface area contributed by atoms with Crippen LogP contribution in [0.3, 0.4) is 0 Å². The standard InChI is InChI=1S/C16H24N2S/c1-4-9-17-12(2)10-13(3)19-16-11-14-7-5-6-8-15(14)18-16/h5-8,11-13,17-18H,4,9-10H2,1-3H3. The molecule has 19 heavy (non-hydrogen) atoms. The number of hydrogen-bond donors (Lipinski definition) is 2. The van der Waals surface area contributed by atoms with Gasteiger partial charge in [0.05, 0.1) is 5.03 Å². The molecule has 0 aliphatic heterocycles. The fraction of sp³-hybridized carbons (Fsp3) is 0.500. The summed E-state index contributed by atoms with van der Waals surface area (Å²) in [7, 11) is 0. The van der Waals surface area contributed by atoms with E-state index in [0.717, 1.165) is 6.54 Å². The third-order valence-corrected chi connectivity index (χ3v) is 4.33. The molecule has 0 fully saturated rings. The molecular weight excluding hydrogens is 252 g/mol. The number of para-hydroxylation sites is 1. The number of nitrogens with one attached hydrogen (secondary N) is 2. The summed E-state index contributed by atoms with van der Waals surface area (Å²) >= 11 is 1.94. The van der Waals surface area contributed by atoms with Crippen LogP contribution in [0.1, 0.15) is 33.6 Å². The van der Waals surface area contributed by atoms with Crippen molar-refractivity contribution < 1.29 is 0 Å². The van der Waals surface area contributed by atoms with Crippen molar-refractivity contribution in [3.8, 4) is 0 Å². The molecule has 2 rings (SSSR count). The maximum Gasteiger partial charge on any atom is 0.0735 e. The van der Waals surface area contributed by atoms with Crippen LogP contribution in [0.2, 0.25) is 0 Å². The van der Waals surface area contributed by atoms with E-state index in [1.165, 1.54) is 28.8 Å². The van der Waals surface area contributed by atoms with Crippen molar-refractivity contribution in [2.24, 2.45) is 0 Å². The predicted molar refractivity (Wildman–Crippen MR) is 86.0 cm³/mol. The molecule has 1 heterocycles. The zero-order valence-electron chi connectivity index (χ0n) is 12.1. The third-order valence-electron chi connectivity index (χ3n) is 3.26. The lowest BCUT2D eigenvalue weighted by molar-refractivity contribution is 0.513. The monoisotopic (exact) mass is 276 g/mol. The Bertz CT molecular complexity index is 473. The van der Waals surface area contributed by atoms with Crippen LogP contribution in [0.25, 0.3) is 10.9 Å². The van der Waals surface area contributed by atoms with Gasteiger partial charge in [-0.25, -0.2) is 0 Å². The Kier molecular flexibility index (Phi) is 5.34. The van der Waals surface area contributed by atoms with E-state index in [1.807, 2.05) is 11.8 Å². The number of hydrogen-bond acceptors (Lipinski definition) is 2. The number of thioether (sulfide) groups is 1. The SMILES string of the molecule is CCCNC(C)CC(C)Sc1cc2ccccc2[nH]1. The summed E-state index contributed by atoms with van der Waals surface area (Å²) in [6, 6.07) is 11.3. The smallest absolute Gasteiger partial charge is 0.0735 e. The van der Waals surface area contributed by atoms with E-state index < -0.39 is 0 Å². The van der Waals surface area contributed by atoms with Crippen molar-refractivity contribution in [3.63, 3.8) is 0 Å². The van der Waals surface area contributed by atoms with Crippen molar-refractivity contribution in [2.45, 2.75) is 49.9 Å². The van der Waals surface area contributed by atoms with Gasteiger partial charge in [0.25, 0.3) is 0 Å². The summed E-state index contributed by atoms with van der Waals surface area (Å²) in [6.45, 7) is 7.91. The minimum absolute atomic E-state index is 0.590. The largest absolute Gasteiger partial charge is 0.350 e.